The Kier molecular flexibility index (Phi) is 7.25. The number of carbonyl (C=O) groups is 1. The number of phenols is 1. The highest BCUT2D eigenvalue weighted by molar-refractivity contribution is 7.15. The van der Waals surface area contributed by atoms with Gasteiger partial charge in [-0.1, -0.05) is 6.07 Å². The number of methoxy groups -OCH3 is 3. The number of benzene rings is 2. The van der Waals surface area contributed by atoms with Crippen LogP contribution in [0.2, 0.25) is 0 Å². The molecular weight excluding hydrogens is 418 g/mol. The third-order valence-electron chi connectivity index (χ3n) is 4.69. The van der Waals surface area contributed by atoms with Crippen LogP contribution in [0.5, 0.6) is 23.0 Å². The Bertz CT molecular complexity index is 1060. The second-order valence-electron chi connectivity index (χ2n) is 6.49. The van der Waals surface area contributed by atoms with E-state index < -0.39 is 5.97 Å². The minimum atomic E-state index is -0.425. The molecular formula is C23H25NO6S. The van der Waals surface area contributed by atoms with Crippen molar-refractivity contribution in [3.8, 4) is 34.1 Å². The maximum Gasteiger partial charge on any atom is 0.341 e. The smallest absolute Gasteiger partial charge is 0.341 e. The van der Waals surface area contributed by atoms with Crippen LogP contribution >= 0.6 is 11.3 Å². The highest BCUT2D eigenvalue weighted by Crippen LogP contribution is 2.40. The fraction of sp³-hybridized carbons (Fsp3) is 0.261. The molecule has 0 aliphatic heterocycles. The zero-order chi connectivity index (χ0) is 22.4. The van der Waals surface area contributed by atoms with Crippen LogP contribution in [0.3, 0.4) is 0 Å². The number of anilines is 1. The molecule has 2 aromatic carbocycles. The number of hydrogen-bond donors (Lipinski definition) is 2. The van der Waals surface area contributed by atoms with E-state index in [0.29, 0.717) is 39.9 Å². The maximum absolute atomic E-state index is 12.8. The molecule has 8 heteroatoms. The third kappa shape index (κ3) is 4.86. The van der Waals surface area contributed by atoms with Crippen molar-refractivity contribution in [2.45, 2.75) is 13.5 Å². The average Bonchev–Trinajstić information content (AvgIpc) is 3.22. The molecule has 0 bridgehead atoms. The first-order valence-electron chi connectivity index (χ1n) is 9.63. The SMILES string of the molecule is CCOC(=O)c1c(-c2ccc(OC)c(OC)c2)csc1NCc1cc(OC)ccc1O. The number of nitrogens with one attached hydrogen (secondary N) is 1. The summed E-state index contributed by atoms with van der Waals surface area (Å²) < 4.78 is 21.2. The highest BCUT2D eigenvalue weighted by Gasteiger charge is 2.22. The van der Waals surface area contributed by atoms with Crippen LogP contribution in [0, 0.1) is 0 Å². The number of thiophene rings is 1. The van der Waals surface area contributed by atoms with Crippen molar-refractivity contribution >= 4 is 22.3 Å². The van der Waals surface area contributed by atoms with E-state index in [1.54, 1.807) is 52.5 Å². The summed E-state index contributed by atoms with van der Waals surface area (Å²) in [6.07, 6.45) is 0. The van der Waals surface area contributed by atoms with Gasteiger partial charge in [0.2, 0.25) is 0 Å². The summed E-state index contributed by atoms with van der Waals surface area (Å²) in [5.41, 5.74) is 2.60. The molecule has 0 radical (unpaired) electrons. The van der Waals surface area contributed by atoms with E-state index >= 15 is 0 Å². The topological polar surface area (TPSA) is 86.3 Å². The van der Waals surface area contributed by atoms with Crippen molar-refractivity contribution in [2.75, 3.05) is 33.3 Å². The lowest BCUT2D eigenvalue weighted by Crippen LogP contribution is -2.09. The van der Waals surface area contributed by atoms with Gasteiger partial charge in [0.15, 0.2) is 11.5 Å². The van der Waals surface area contributed by atoms with E-state index in [-0.39, 0.29) is 12.4 Å². The summed E-state index contributed by atoms with van der Waals surface area (Å²) >= 11 is 1.39. The van der Waals surface area contributed by atoms with Crippen LogP contribution in [-0.4, -0.2) is 39.0 Å². The predicted octanol–water partition coefficient (Wildman–Crippen LogP) is 4.94. The van der Waals surface area contributed by atoms with E-state index in [9.17, 15) is 9.90 Å². The van der Waals surface area contributed by atoms with Gasteiger partial charge in [-0.2, -0.15) is 0 Å². The largest absolute Gasteiger partial charge is 0.508 e. The molecule has 0 saturated heterocycles. The summed E-state index contributed by atoms with van der Waals surface area (Å²) in [6.45, 7) is 2.33. The van der Waals surface area contributed by atoms with Crippen molar-refractivity contribution in [2.24, 2.45) is 0 Å². The highest BCUT2D eigenvalue weighted by atomic mass is 32.1. The second-order valence-corrected chi connectivity index (χ2v) is 7.37. The van der Waals surface area contributed by atoms with Gasteiger partial charge in [0, 0.05) is 23.1 Å². The zero-order valence-electron chi connectivity index (χ0n) is 17.9. The van der Waals surface area contributed by atoms with Crippen LogP contribution in [0.25, 0.3) is 11.1 Å². The van der Waals surface area contributed by atoms with Crippen molar-refractivity contribution in [3.63, 3.8) is 0 Å². The number of ether oxygens (including phenoxy) is 4. The van der Waals surface area contributed by atoms with Crippen molar-refractivity contribution in [1.29, 1.82) is 0 Å². The van der Waals surface area contributed by atoms with Gasteiger partial charge < -0.3 is 29.4 Å². The van der Waals surface area contributed by atoms with Crippen molar-refractivity contribution in [3.05, 3.63) is 52.9 Å². The lowest BCUT2D eigenvalue weighted by molar-refractivity contribution is 0.0529. The quantitative estimate of drug-likeness (QED) is 0.453. The van der Waals surface area contributed by atoms with Gasteiger partial charge in [0.1, 0.15) is 22.1 Å². The zero-order valence-corrected chi connectivity index (χ0v) is 18.7. The summed E-state index contributed by atoms with van der Waals surface area (Å²) in [6, 6.07) is 10.5. The van der Waals surface area contributed by atoms with Crippen molar-refractivity contribution < 1.29 is 28.8 Å². The Labute approximate surface area is 185 Å². The van der Waals surface area contributed by atoms with Crippen molar-refractivity contribution in [1.82, 2.24) is 0 Å². The molecule has 164 valence electrons. The van der Waals surface area contributed by atoms with Crippen LogP contribution in [0.1, 0.15) is 22.8 Å². The number of rotatable bonds is 9. The molecule has 0 unspecified atom stereocenters. The first kappa shape index (κ1) is 22.3. The minimum absolute atomic E-state index is 0.141. The average molecular weight is 444 g/mol. The van der Waals surface area contributed by atoms with Gasteiger partial charge in [0.25, 0.3) is 0 Å². The molecule has 1 aromatic heterocycles. The summed E-state index contributed by atoms with van der Waals surface area (Å²) in [5.74, 6) is 1.52. The van der Waals surface area contributed by atoms with Gasteiger partial charge in [-0.15, -0.1) is 11.3 Å². The molecule has 0 aliphatic rings. The Morgan fingerprint density at radius 2 is 1.81 bits per heavy atom. The Morgan fingerprint density at radius 1 is 1.03 bits per heavy atom. The number of esters is 1. The van der Waals surface area contributed by atoms with Gasteiger partial charge in [-0.05, 0) is 42.8 Å². The number of hydrogen-bond acceptors (Lipinski definition) is 8. The fourth-order valence-corrected chi connectivity index (χ4v) is 4.07. The first-order valence-corrected chi connectivity index (χ1v) is 10.5. The number of phenolic OH excluding ortho intramolecular Hbond substituents is 1. The summed E-state index contributed by atoms with van der Waals surface area (Å²) in [4.78, 5) is 12.8. The molecule has 1 heterocycles. The second kappa shape index (κ2) is 10.1. The normalized spacial score (nSPS) is 10.5. The van der Waals surface area contributed by atoms with Crippen LogP contribution in [0.15, 0.2) is 41.8 Å². The maximum atomic E-state index is 12.8. The van der Waals surface area contributed by atoms with E-state index in [1.807, 2.05) is 17.5 Å². The molecule has 3 aromatic rings. The predicted molar refractivity (Wildman–Crippen MR) is 121 cm³/mol. The minimum Gasteiger partial charge on any atom is -0.508 e. The fourth-order valence-electron chi connectivity index (χ4n) is 3.12. The molecule has 0 saturated carbocycles. The lowest BCUT2D eigenvalue weighted by atomic mass is 10.0. The van der Waals surface area contributed by atoms with E-state index in [1.165, 1.54) is 11.3 Å². The number of carbonyl (C=O) groups excluding carboxylic acids is 1. The molecule has 3 rings (SSSR count). The van der Waals surface area contributed by atoms with Crippen LogP contribution in [0.4, 0.5) is 5.00 Å². The molecule has 0 spiro atoms. The van der Waals surface area contributed by atoms with Gasteiger partial charge >= 0.3 is 5.97 Å². The summed E-state index contributed by atoms with van der Waals surface area (Å²) in [5, 5.41) is 15.9. The van der Waals surface area contributed by atoms with E-state index in [2.05, 4.69) is 5.32 Å². The van der Waals surface area contributed by atoms with Gasteiger partial charge in [-0.25, -0.2) is 4.79 Å². The van der Waals surface area contributed by atoms with Crippen LogP contribution < -0.4 is 19.5 Å². The monoisotopic (exact) mass is 443 g/mol. The molecule has 0 aliphatic carbocycles. The first-order chi connectivity index (χ1) is 15.0. The molecule has 0 atom stereocenters. The summed E-state index contributed by atoms with van der Waals surface area (Å²) in [7, 11) is 4.70. The molecule has 0 amide bonds. The Balaban J connectivity index is 1.97. The molecule has 0 fully saturated rings. The lowest BCUT2D eigenvalue weighted by Gasteiger charge is -2.12. The van der Waals surface area contributed by atoms with E-state index in [0.717, 1.165) is 11.1 Å². The van der Waals surface area contributed by atoms with Gasteiger partial charge in [0.05, 0.1) is 27.9 Å². The molecule has 31 heavy (non-hydrogen) atoms. The standard InChI is InChI=1S/C23H25NO6S/c1-5-30-23(26)21-17(14-6-9-19(28-3)20(11-14)29-4)13-31-22(21)24-12-15-10-16(27-2)7-8-18(15)25/h6-11,13,24-25H,5,12H2,1-4H3. The Hall–Kier alpha value is -3.39. The molecule has 7 nitrogen and oxygen atoms in total. The Morgan fingerprint density at radius 3 is 2.48 bits per heavy atom. The van der Waals surface area contributed by atoms with Gasteiger partial charge in [-0.3, -0.25) is 0 Å². The van der Waals surface area contributed by atoms with E-state index in [4.69, 9.17) is 18.9 Å². The van der Waals surface area contributed by atoms with Crippen LogP contribution in [-0.2, 0) is 11.3 Å². The number of aromatic hydroxyl groups is 1. The molecule has 2 N–H and O–H groups in total. The third-order valence-corrected chi connectivity index (χ3v) is 5.63.